The first kappa shape index (κ1) is 22.3. The summed E-state index contributed by atoms with van der Waals surface area (Å²) in [5.74, 6) is -0.209. The Labute approximate surface area is 181 Å². The molecule has 0 fully saturated rings. The maximum Gasteiger partial charge on any atom is 0.251 e. The minimum Gasteiger partial charge on any atom is -0.496 e. The fourth-order valence-corrected chi connectivity index (χ4v) is 3.98. The SMILES string of the molecule is COc1ccccc1CNC(=O)c1ccc(CN(c2ccccc2F)S(C)(=O)=O)cc1. The molecule has 0 spiro atoms. The van der Waals surface area contributed by atoms with Gasteiger partial charge in [0.05, 0.1) is 25.6 Å². The highest BCUT2D eigenvalue weighted by molar-refractivity contribution is 7.92. The summed E-state index contributed by atoms with van der Waals surface area (Å²) in [5, 5.41) is 2.83. The van der Waals surface area contributed by atoms with Crippen LogP contribution in [0.3, 0.4) is 0 Å². The number of para-hydroxylation sites is 2. The minimum atomic E-state index is -3.71. The summed E-state index contributed by atoms with van der Waals surface area (Å²) in [6.07, 6.45) is 1.03. The molecule has 162 valence electrons. The number of rotatable bonds is 8. The van der Waals surface area contributed by atoms with Crippen LogP contribution in [0, 0.1) is 5.82 Å². The summed E-state index contributed by atoms with van der Waals surface area (Å²) in [6, 6.07) is 19.6. The maximum atomic E-state index is 14.2. The van der Waals surface area contributed by atoms with Gasteiger partial charge in [0.2, 0.25) is 10.0 Å². The number of anilines is 1. The normalized spacial score (nSPS) is 11.1. The molecule has 3 aromatic carbocycles. The quantitative estimate of drug-likeness (QED) is 0.577. The second kappa shape index (κ2) is 9.61. The highest BCUT2D eigenvalue weighted by atomic mass is 32.2. The van der Waals surface area contributed by atoms with Gasteiger partial charge in [0.25, 0.3) is 5.91 Å². The van der Waals surface area contributed by atoms with Crippen LogP contribution < -0.4 is 14.4 Å². The molecule has 0 unspecified atom stereocenters. The van der Waals surface area contributed by atoms with Gasteiger partial charge >= 0.3 is 0 Å². The smallest absolute Gasteiger partial charge is 0.251 e. The van der Waals surface area contributed by atoms with Gasteiger partial charge in [-0.25, -0.2) is 12.8 Å². The summed E-state index contributed by atoms with van der Waals surface area (Å²) >= 11 is 0. The van der Waals surface area contributed by atoms with E-state index in [1.165, 1.54) is 18.2 Å². The fourth-order valence-electron chi connectivity index (χ4n) is 3.09. The number of benzene rings is 3. The number of ether oxygens (including phenoxy) is 1. The first-order valence-electron chi connectivity index (χ1n) is 9.51. The standard InChI is InChI=1S/C23H23FN2O4S/c1-30-22-10-6-3-7-19(22)15-25-23(27)18-13-11-17(12-14-18)16-26(31(2,28)29)21-9-5-4-8-20(21)24/h3-14H,15-16H2,1-2H3,(H,25,27). The lowest BCUT2D eigenvalue weighted by atomic mass is 10.1. The van der Waals surface area contributed by atoms with Gasteiger partial charge in [-0.2, -0.15) is 0 Å². The molecule has 0 saturated carbocycles. The van der Waals surface area contributed by atoms with E-state index in [0.717, 1.165) is 16.1 Å². The molecule has 6 nitrogen and oxygen atoms in total. The second-order valence-electron chi connectivity index (χ2n) is 6.91. The van der Waals surface area contributed by atoms with Gasteiger partial charge in [-0.3, -0.25) is 9.10 Å². The van der Waals surface area contributed by atoms with Gasteiger partial charge < -0.3 is 10.1 Å². The predicted molar refractivity (Wildman–Crippen MR) is 118 cm³/mol. The van der Waals surface area contributed by atoms with E-state index >= 15 is 0 Å². The zero-order chi connectivity index (χ0) is 22.4. The van der Waals surface area contributed by atoms with Crippen molar-refractivity contribution in [2.24, 2.45) is 0 Å². The van der Waals surface area contributed by atoms with Crippen molar-refractivity contribution in [1.82, 2.24) is 5.32 Å². The average molecular weight is 443 g/mol. The number of methoxy groups -OCH3 is 1. The number of hydrogen-bond donors (Lipinski definition) is 1. The van der Waals surface area contributed by atoms with Crippen LogP contribution in [0.2, 0.25) is 0 Å². The van der Waals surface area contributed by atoms with Crippen LogP contribution in [0.25, 0.3) is 0 Å². The van der Waals surface area contributed by atoms with E-state index in [4.69, 9.17) is 4.74 Å². The van der Waals surface area contributed by atoms with E-state index in [1.807, 2.05) is 24.3 Å². The molecule has 0 heterocycles. The molecule has 0 saturated heterocycles. The van der Waals surface area contributed by atoms with Crippen molar-refractivity contribution >= 4 is 21.6 Å². The van der Waals surface area contributed by atoms with Crippen molar-refractivity contribution in [2.45, 2.75) is 13.1 Å². The second-order valence-corrected chi connectivity index (χ2v) is 8.82. The Morgan fingerprint density at radius 3 is 2.29 bits per heavy atom. The molecular formula is C23H23FN2O4S. The largest absolute Gasteiger partial charge is 0.496 e. The molecule has 0 aliphatic carbocycles. The summed E-state index contributed by atoms with van der Waals surface area (Å²) in [5.41, 5.74) is 1.87. The Morgan fingerprint density at radius 2 is 1.65 bits per heavy atom. The fraction of sp³-hybridized carbons (Fsp3) is 0.174. The summed E-state index contributed by atoms with van der Waals surface area (Å²) in [7, 11) is -2.14. The van der Waals surface area contributed by atoms with Crippen molar-refractivity contribution in [2.75, 3.05) is 17.7 Å². The molecule has 1 amide bonds. The molecule has 0 aromatic heterocycles. The maximum absolute atomic E-state index is 14.2. The lowest BCUT2D eigenvalue weighted by molar-refractivity contribution is 0.0950. The van der Waals surface area contributed by atoms with Crippen molar-refractivity contribution in [3.63, 3.8) is 0 Å². The Bertz CT molecular complexity index is 1160. The van der Waals surface area contributed by atoms with Gasteiger partial charge in [0, 0.05) is 17.7 Å². The van der Waals surface area contributed by atoms with Crippen molar-refractivity contribution in [3.8, 4) is 5.75 Å². The molecule has 0 bridgehead atoms. The lowest BCUT2D eigenvalue weighted by Crippen LogP contribution is -2.30. The van der Waals surface area contributed by atoms with E-state index in [2.05, 4.69) is 5.32 Å². The first-order valence-corrected chi connectivity index (χ1v) is 11.4. The molecule has 1 N–H and O–H groups in total. The molecule has 0 aliphatic heterocycles. The van der Waals surface area contributed by atoms with Crippen molar-refractivity contribution < 1.29 is 22.3 Å². The van der Waals surface area contributed by atoms with Crippen LogP contribution in [-0.4, -0.2) is 27.7 Å². The van der Waals surface area contributed by atoms with E-state index < -0.39 is 15.8 Å². The number of nitrogens with one attached hydrogen (secondary N) is 1. The molecule has 0 atom stereocenters. The lowest BCUT2D eigenvalue weighted by Gasteiger charge is -2.23. The molecule has 0 aliphatic rings. The third kappa shape index (κ3) is 5.61. The Kier molecular flexibility index (Phi) is 6.91. The summed E-state index contributed by atoms with van der Waals surface area (Å²) in [4.78, 5) is 12.5. The highest BCUT2D eigenvalue weighted by Crippen LogP contribution is 2.24. The summed E-state index contributed by atoms with van der Waals surface area (Å²) in [6.45, 7) is 0.253. The zero-order valence-electron chi connectivity index (χ0n) is 17.2. The van der Waals surface area contributed by atoms with E-state index in [-0.39, 0.29) is 18.1 Å². The van der Waals surface area contributed by atoms with Gasteiger partial charge in [-0.05, 0) is 35.9 Å². The Morgan fingerprint density at radius 1 is 1.00 bits per heavy atom. The van der Waals surface area contributed by atoms with Crippen molar-refractivity contribution in [1.29, 1.82) is 0 Å². The number of nitrogens with zero attached hydrogens (tertiary/aromatic N) is 1. The summed E-state index contributed by atoms with van der Waals surface area (Å²) < 4.78 is 44.9. The van der Waals surface area contributed by atoms with E-state index in [0.29, 0.717) is 23.4 Å². The third-order valence-electron chi connectivity index (χ3n) is 4.70. The number of hydrogen-bond acceptors (Lipinski definition) is 4. The molecule has 31 heavy (non-hydrogen) atoms. The molecule has 3 aromatic rings. The van der Waals surface area contributed by atoms with Crippen LogP contribution in [0.15, 0.2) is 72.8 Å². The van der Waals surface area contributed by atoms with Gasteiger partial charge in [0.15, 0.2) is 0 Å². The molecular weight excluding hydrogens is 419 g/mol. The number of sulfonamides is 1. The van der Waals surface area contributed by atoms with Crippen LogP contribution in [-0.2, 0) is 23.1 Å². The number of carbonyl (C=O) groups is 1. The zero-order valence-corrected chi connectivity index (χ0v) is 18.0. The van der Waals surface area contributed by atoms with Crippen LogP contribution in [0.1, 0.15) is 21.5 Å². The number of halogens is 1. The number of carbonyl (C=O) groups excluding carboxylic acids is 1. The topological polar surface area (TPSA) is 75.7 Å². The first-order chi connectivity index (χ1) is 14.8. The highest BCUT2D eigenvalue weighted by Gasteiger charge is 2.21. The van der Waals surface area contributed by atoms with Crippen molar-refractivity contribution in [3.05, 3.63) is 95.3 Å². The van der Waals surface area contributed by atoms with Crippen LogP contribution in [0.4, 0.5) is 10.1 Å². The van der Waals surface area contributed by atoms with E-state index in [9.17, 15) is 17.6 Å². The molecule has 0 radical (unpaired) electrons. The Hall–Kier alpha value is -3.39. The van der Waals surface area contributed by atoms with Gasteiger partial charge in [-0.1, -0.05) is 42.5 Å². The van der Waals surface area contributed by atoms with Crippen LogP contribution >= 0.6 is 0 Å². The van der Waals surface area contributed by atoms with Gasteiger partial charge in [0.1, 0.15) is 11.6 Å². The minimum absolute atomic E-state index is 0.0244. The monoisotopic (exact) mass is 442 g/mol. The number of amides is 1. The van der Waals surface area contributed by atoms with E-state index in [1.54, 1.807) is 37.4 Å². The predicted octanol–water partition coefficient (Wildman–Crippen LogP) is 3.73. The molecule has 3 rings (SSSR count). The third-order valence-corrected chi connectivity index (χ3v) is 5.82. The average Bonchev–Trinajstić information content (AvgIpc) is 2.76. The Balaban J connectivity index is 1.71. The van der Waals surface area contributed by atoms with Gasteiger partial charge in [-0.15, -0.1) is 0 Å². The molecule has 8 heteroatoms. The van der Waals surface area contributed by atoms with Crippen LogP contribution in [0.5, 0.6) is 5.75 Å².